The van der Waals surface area contributed by atoms with Gasteiger partial charge in [-0.2, -0.15) is 5.10 Å². The number of nitrogens with two attached hydrogens (primary N) is 1. The van der Waals surface area contributed by atoms with Crippen molar-refractivity contribution in [2.45, 2.75) is 13.0 Å². The summed E-state index contributed by atoms with van der Waals surface area (Å²) >= 11 is 1.62. The SMILES string of the molecule is Cc1nc(C(N)c2ccnn2C)cs1. The van der Waals surface area contributed by atoms with Crippen LogP contribution in [0.4, 0.5) is 0 Å². The number of hydrogen-bond acceptors (Lipinski definition) is 4. The third-order valence-corrected chi connectivity index (χ3v) is 2.92. The van der Waals surface area contributed by atoms with E-state index < -0.39 is 0 Å². The van der Waals surface area contributed by atoms with E-state index in [0.717, 1.165) is 16.4 Å². The van der Waals surface area contributed by atoms with Crippen LogP contribution in [0, 0.1) is 6.92 Å². The van der Waals surface area contributed by atoms with Crippen LogP contribution in [0.5, 0.6) is 0 Å². The molecule has 0 bridgehead atoms. The van der Waals surface area contributed by atoms with E-state index in [2.05, 4.69) is 10.1 Å². The molecule has 0 amide bonds. The quantitative estimate of drug-likeness (QED) is 0.807. The zero-order valence-electron chi connectivity index (χ0n) is 8.14. The molecule has 0 saturated carbocycles. The van der Waals surface area contributed by atoms with Crippen molar-refractivity contribution in [2.24, 2.45) is 12.8 Å². The van der Waals surface area contributed by atoms with E-state index in [1.54, 1.807) is 22.2 Å². The van der Waals surface area contributed by atoms with Crippen LogP contribution in [0.15, 0.2) is 17.6 Å². The molecule has 0 aliphatic rings. The lowest BCUT2D eigenvalue weighted by Gasteiger charge is -2.08. The van der Waals surface area contributed by atoms with Crippen LogP contribution in [-0.2, 0) is 7.05 Å². The van der Waals surface area contributed by atoms with Crippen molar-refractivity contribution in [1.29, 1.82) is 0 Å². The molecular weight excluding hydrogens is 196 g/mol. The summed E-state index contributed by atoms with van der Waals surface area (Å²) in [5, 5.41) is 7.11. The zero-order valence-corrected chi connectivity index (χ0v) is 8.95. The second-order valence-corrected chi connectivity index (χ2v) is 4.21. The first-order chi connectivity index (χ1) is 6.68. The molecule has 2 heterocycles. The fraction of sp³-hybridized carbons (Fsp3) is 0.333. The third-order valence-electron chi connectivity index (χ3n) is 2.13. The Balaban J connectivity index is 2.33. The van der Waals surface area contributed by atoms with Crippen molar-refractivity contribution in [2.75, 3.05) is 0 Å². The van der Waals surface area contributed by atoms with Gasteiger partial charge >= 0.3 is 0 Å². The molecule has 1 atom stereocenters. The number of hydrogen-bond donors (Lipinski definition) is 1. The van der Waals surface area contributed by atoms with Gasteiger partial charge in [0.2, 0.25) is 0 Å². The molecule has 14 heavy (non-hydrogen) atoms. The smallest absolute Gasteiger partial charge is 0.0905 e. The number of nitrogens with zero attached hydrogens (tertiary/aromatic N) is 3. The van der Waals surface area contributed by atoms with Gasteiger partial charge in [0.1, 0.15) is 0 Å². The van der Waals surface area contributed by atoms with E-state index in [9.17, 15) is 0 Å². The standard InChI is InChI=1S/C9H12N4S/c1-6-12-7(5-14-6)9(10)8-3-4-11-13(8)2/h3-5,9H,10H2,1-2H3. The molecular formula is C9H12N4S. The van der Waals surface area contributed by atoms with Gasteiger partial charge in [0.25, 0.3) is 0 Å². The predicted molar refractivity (Wildman–Crippen MR) is 56.1 cm³/mol. The first kappa shape index (κ1) is 9.36. The lowest BCUT2D eigenvalue weighted by atomic mass is 10.2. The summed E-state index contributed by atoms with van der Waals surface area (Å²) in [4.78, 5) is 4.36. The fourth-order valence-electron chi connectivity index (χ4n) is 1.36. The average molecular weight is 208 g/mol. The van der Waals surface area contributed by atoms with Crippen LogP contribution in [-0.4, -0.2) is 14.8 Å². The highest BCUT2D eigenvalue weighted by Crippen LogP contribution is 2.20. The van der Waals surface area contributed by atoms with Crippen LogP contribution >= 0.6 is 11.3 Å². The maximum absolute atomic E-state index is 6.06. The normalized spacial score (nSPS) is 13.1. The molecule has 0 aliphatic carbocycles. The zero-order chi connectivity index (χ0) is 10.1. The Hall–Kier alpha value is -1.20. The van der Waals surface area contributed by atoms with Crippen LogP contribution in [0.2, 0.25) is 0 Å². The van der Waals surface area contributed by atoms with Crippen molar-refractivity contribution in [1.82, 2.24) is 14.8 Å². The summed E-state index contributed by atoms with van der Waals surface area (Å²) < 4.78 is 1.78. The minimum atomic E-state index is -0.174. The highest BCUT2D eigenvalue weighted by molar-refractivity contribution is 7.09. The van der Waals surface area contributed by atoms with Crippen molar-refractivity contribution in [3.05, 3.63) is 34.0 Å². The third kappa shape index (κ3) is 1.56. The molecule has 0 aromatic carbocycles. The average Bonchev–Trinajstić information content (AvgIpc) is 2.73. The molecule has 5 heteroatoms. The van der Waals surface area contributed by atoms with Crippen molar-refractivity contribution >= 4 is 11.3 Å². The predicted octanol–water partition coefficient (Wildman–Crippen LogP) is 1.23. The number of rotatable bonds is 2. The molecule has 2 N–H and O–H groups in total. The van der Waals surface area contributed by atoms with Gasteiger partial charge in [-0.15, -0.1) is 11.3 Å². The Morgan fingerprint density at radius 3 is 2.86 bits per heavy atom. The van der Waals surface area contributed by atoms with Gasteiger partial charge in [-0.1, -0.05) is 0 Å². The Labute approximate surface area is 86.4 Å². The lowest BCUT2D eigenvalue weighted by Crippen LogP contribution is -2.16. The summed E-state index contributed by atoms with van der Waals surface area (Å²) in [5.41, 5.74) is 7.95. The molecule has 1 unspecified atom stereocenters. The maximum atomic E-state index is 6.06. The number of aromatic nitrogens is 3. The van der Waals surface area contributed by atoms with Gasteiger partial charge in [-0.3, -0.25) is 4.68 Å². The van der Waals surface area contributed by atoms with E-state index in [1.165, 1.54) is 0 Å². The van der Waals surface area contributed by atoms with Gasteiger partial charge in [-0.05, 0) is 13.0 Å². The second-order valence-electron chi connectivity index (χ2n) is 3.15. The molecule has 74 valence electrons. The van der Waals surface area contributed by atoms with E-state index in [-0.39, 0.29) is 6.04 Å². The first-order valence-corrected chi connectivity index (χ1v) is 5.22. The van der Waals surface area contributed by atoms with Crippen LogP contribution < -0.4 is 5.73 Å². The fourth-order valence-corrected chi connectivity index (χ4v) is 2.01. The molecule has 0 fully saturated rings. The molecule has 0 spiro atoms. The number of aryl methyl sites for hydroxylation is 2. The highest BCUT2D eigenvalue weighted by Gasteiger charge is 2.14. The van der Waals surface area contributed by atoms with Crippen LogP contribution in [0.1, 0.15) is 22.4 Å². The summed E-state index contributed by atoms with van der Waals surface area (Å²) in [6.45, 7) is 1.98. The Kier molecular flexibility index (Phi) is 2.35. The van der Waals surface area contributed by atoms with Crippen molar-refractivity contribution < 1.29 is 0 Å². The summed E-state index contributed by atoms with van der Waals surface area (Å²) in [6.07, 6.45) is 1.74. The van der Waals surface area contributed by atoms with Gasteiger partial charge in [-0.25, -0.2) is 4.98 Å². The van der Waals surface area contributed by atoms with Crippen molar-refractivity contribution in [3.63, 3.8) is 0 Å². The topological polar surface area (TPSA) is 56.7 Å². The summed E-state index contributed by atoms with van der Waals surface area (Å²) in [7, 11) is 1.88. The van der Waals surface area contributed by atoms with Crippen LogP contribution in [0.25, 0.3) is 0 Å². The number of thiazole rings is 1. The molecule has 0 aliphatic heterocycles. The molecule has 0 radical (unpaired) electrons. The Morgan fingerprint density at radius 1 is 1.57 bits per heavy atom. The maximum Gasteiger partial charge on any atom is 0.0905 e. The Bertz CT molecular complexity index is 431. The minimum Gasteiger partial charge on any atom is -0.318 e. The van der Waals surface area contributed by atoms with Crippen molar-refractivity contribution in [3.8, 4) is 0 Å². The monoisotopic (exact) mass is 208 g/mol. The molecule has 2 aromatic rings. The van der Waals surface area contributed by atoms with E-state index in [1.807, 2.05) is 25.4 Å². The lowest BCUT2D eigenvalue weighted by molar-refractivity contribution is 0.665. The minimum absolute atomic E-state index is 0.174. The Morgan fingerprint density at radius 2 is 2.36 bits per heavy atom. The first-order valence-electron chi connectivity index (χ1n) is 4.34. The van der Waals surface area contributed by atoms with Crippen LogP contribution in [0.3, 0.4) is 0 Å². The highest BCUT2D eigenvalue weighted by atomic mass is 32.1. The molecule has 2 rings (SSSR count). The summed E-state index contributed by atoms with van der Waals surface area (Å²) in [6, 6.07) is 1.74. The molecule has 4 nitrogen and oxygen atoms in total. The van der Waals surface area contributed by atoms with Gasteiger partial charge < -0.3 is 5.73 Å². The summed E-state index contributed by atoms with van der Waals surface area (Å²) in [5.74, 6) is 0. The largest absolute Gasteiger partial charge is 0.318 e. The second kappa shape index (κ2) is 3.51. The van der Waals surface area contributed by atoms with E-state index in [0.29, 0.717) is 0 Å². The van der Waals surface area contributed by atoms with E-state index in [4.69, 9.17) is 5.73 Å². The molecule has 2 aromatic heterocycles. The molecule has 0 saturated heterocycles. The van der Waals surface area contributed by atoms with Gasteiger partial charge in [0, 0.05) is 18.6 Å². The van der Waals surface area contributed by atoms with Gasteiger partial charge in [0.15, 0.2) is 0 Å². The van der Waals surface area contributed by atoms with Gasteiger partial charge in [0.05, 0.1) is 22.4 Å². The van der Waals surface area contributed by atoms with E-state index >= 15 is 0 Å².